The third-order valence-electron chi connectivity index (χ3n) is 2.19. The molecule has 0 bridgehead atoms. The molecule has 0 aromatic carbocycles. The molecule has 0 fully saturated rings. The van der Waals surface area contributed by atoms with Gasteiger partial charge in [-0.25, -0.2) is 14.8 Å². The van der Waals surface area contributed by atoms with Crippen LogP contribution in [0.3, 0.4) is 0 Å². The van der Waals surface area contributed by atoms with Gasteiger partial charge in [-0.1, -0.05) is 12.1 Å². The number of pyridine rings is 2. The van der Waals surface area contributed by atoms with Crippen molar-refractivity contribution < 1.29 is 19.8 Å². The van der Waals surface area contributed by atoms with Gasteiger partial charge in [0.1, 0.15) is 5.69 Å². The summed E-state index contributed by atoms with van der Waals surface area (Å²) in [4.78, 5) is 29.1. The van der Waals surface area contributed by atoms with Crippen LogP contribution in [0.4, 0.5) is 0 Å². The van der Waals surface area contributed by atoms with Crippen molar-refractivity contribution in [3.63, 3.8) is 0 Å². The number of carbonyl (C=O) groups excluding carboxylic acids is 1. The van der Waals surface area contributed by atoms with Gasteiger partial charge in [0.2, 0.25) is 0 Å². The number of rotatable bonds is 3. The third-order valence-corrected chi connectivity index (χ3v) is 2.19. The second-order valence-corrected chi connectivity index (χ2v) is 3.41. The molecule has 6 nitrogen and oxygen atoms in total. The zero-order chi connectivity index (χ0) is 13.1. The Morgan fingerprint density at radius 2 is 1.44 bits per heavy atom. The van der Waals surface area contributed by atoms with E-state index in [1.54, 1.807) is 12.1 Å². The van der Waals surface area contributed by atoms with Crippen LogP contribution in [0.1, 0.15) is 21.0 Å². The predicted molar refractivity (Wildman–Crippen MR) is 58.8 cm³/mol. The highest BCUT2D eigenvalue weighted by atomic mass is 16.4. The number of carboxylic acid groups (broad SMARTS) is 2. The van der Waals surface area contributed by atoms with Crippen molar-refractivity contribution in [1.82, 2.24) is 9.97 Å². The molecule has 0 unspecified atom stereocenters. The van der Waals surface area contributed by atoms with Crippen LogP contribution < -0.4 is 5.11 Å². The number of hydrogen-bond donors (Lipinski definition) is 1. The molecule has 0 saturated carbocycles. The van der Waals surface area contributed by atoms with Crippen LogP contribution in [0.15, 0.2) is 36.4 Å². The molecule has 18 heavy (non-hydrogen) atoms. The van der Waals surface area contributed by atoms with Crippen LogP contribution in [0, 0.1) is 0 Å². The van der Waals surface area contributed by atoms with E-state index < -0.39 is 11.9 Å². The fourth-order valence-electron chi connectivity index (χ4n) is 1.39. The van der Waals surface area contributed by atoms with Crippen LogP contribution in [-0.4, -0.2) is 27.0 Å². The Bertz CT molecular complexity index is 569. The van der Waals surface area contributed by atoms with Gasteiger partial charge in [0.15, 0.2) is 0 Å². The molecule has 0 saturated heterocycles. The van der Waals surface area contributed by atoms with Crippen molar-refractivity contribution in [1.29, 1.82) is 0 Å². The maximum Gasteiger partial charge on any atom is 0.354 e. The van der Waals surface area contributed by atoms with Crippen molar-refractivity contribution >= 4 is 11.9 Å². The van der Waals surface area contributed by atoms with E-state index in [1.165, 1.54) is 24.3 Å². The van der Waals surface area contributed by atoms with Gasteiger partial charge in [0, 0.05) is 0 Å². The molecule has 0 spiro atoms. The largest absolute Gasteiger partial charge is 0.543 e. The molecule has 90 valence electrons. The van der Waals surface area contributed by atoms with Crippen LogP contribution in [0.2, 0.25) is 0 Å². The summed E-state index contributed by atoms with van der Waals surface area (Å²) in [7, 11) is 0. The van der Waals surface area contributed by atoms with Crippen molar-refractivity contribution in [3.05, 3.63) is 47.8 Å². The van der Waals surface area contributed by atoms with Crippen LogP contribution >= 0.6 is 0 Å². The van der Waals surface area contributed by atoms with Crippen LogP contribution in [0.5, 0.6) is 0 Å². The first-order valence-electron chi connectivity index (χ1n) is 4.97. The highest BCUT2D eigenvalue weighted by Crippen LogP contribution is 2.15. The molecule has 2 aromatic heterocycles. The monoisotopic (exact) mass is 243 g/mol. The first-order chi connectivity index (χ1) is 8.58. The van der Waals surface area contributed by atoms with E-state index in [2.05, 4.69) is 9.97 Å². The molecular weight excluding hydrogens is 236 g/mol. The van der Waals surface area contributed by atoms with Crippen molar-refractivity contribution in [2.24, 2.45) is 0 Å². The van der Waals surface area contributed by atoms with E-state index in [-0.39, 0.29) is 22.8 Å². The molecule has 1 N–H and O–H groups in total. The number of nitrogens with zero attached hydrogens (tertiary/aromatic N) is 2. The Labute approximate surface area is 102 Å². The Morgan fingerprint density at radius 3 is 1.94 bits per heavy atom. The molecule has 2 aromatic rings. The molecule has 0 aliphatic rings. The average molecular weight is 243 g/mol. The topological polar surface area (TPSA) is 103 Å². The average Bonchev–Trinajstić information content (AvgIpc) is 2.39. The minimum absolute atomic E-state index is 0.131. The Kier molecular flexibility index (Phi) is 3.01. The first-order valence-corrected chi connectivity index (χ1v) is 4.97. The summed E-state index contributed by atoms with van der Waals surface area (Å²) in [6, 6.07) is 8.73. The smallest absolute Gasteiger partial charge is 0.354 e. The number of aromatic carboxylic acids is 2. The SMILES string of the molecule is O=C([O-])c1cccc(-c2cccc(C(=O)O)n2)n1. The molecule has 6 heteroatoms. The third kappa shape index (κ3) is 2.32. The normalized spacial score (nSPS) is 10.0. The summed E-state index contributed by atoms with van der Waals surface area (Å²) in [5, 5.41) is 19.5. The van der Waals surface area contributed by atoms with E-state index in [1.807, 2.05) is 0 Å². The number of carboxylic acids is 2. The standard InChI is InChI=1S/C12H8N2O4/c15-11(16)9-5-1-3-7(13-9)8-4-2-6-10(14-8)12(17)18/h1-6H,(H,15,16)(H,17,18)/p-1. The minimum atomic E-state index is -1.40. The molecule has 0 amide bonds. The summed E-state index contributed by atoms with van der Waals surface area (Å²) in [5.41, 5.74) is 0.209. The second kappa shape index (κ2) is 4.62. The quantitative estimate of drug-likeness (QED) is 0.826. The molecule has 2 heterocycles. The zero-order valence-electron chi connectivity index (χ0n) is 9.03. The molecule has 0 radical (unpaired) electrons. The van der Waals surface area contributed by atoms with E-state index in [0.29, 0.717) is 0 Å². The van der Waals surface area contributed by atoms with Crippen LogP contribution in [-0.2, 0) is 0 Å². The summed E-state index contributed by atoms with van der Waals surface area (Å²) in [6.45, 7) is 0. The highest BCUT2D eigenvalue weighted by Gasteiger charge is 2.08. The summed E-state index contributed by atoms with van der Waals surface area (Å²) in [6.07, 6.45) is 0. The van der Waals surface area contributed by atoms with Crippen molar-refractivity contribution in [2.75, 3.05) is 0 Å². The van der Waals surface area contributed by atoms with Crippen LogP contribution in [0.25, 0.3) is 11.4 Å². The Hall–Kier alpha value is -2.76. The minimum Gasteiger partial charge on any atom is -0.543 e. The molecule has 0 atom stereocenters. The number of carbonyl (C=O) groups is 2. The summed E-state index contributed by atoms with van der Waals surface area (Å²) in [5.74, 6) is -2.56. The van der Waals surface area contributed by atoms with Gasteiger partial charge in [-0.2, -0.15) is 0 Å². The Morgan fingerprint density at radius 1 is 0.944 bits per heavy atom. The second-order valence-electron chi connectivity index (χ2n) is 3.41. The fourth-order valence-corrected chi connectivity index (χ4v) is 1.39. The van der Waals surface area contributed by atoms with E-state index in [0.717, 1.165) is 0 Å². The number of hydrogen-bond acceptors (Lipinski definition) is 5. The van der Waals surface area contributed by atoms with Crippen molar-refractivity contribution in [3.8, 4) is 11.4 Å². The van der Waals surface area contributed by atoms with Gasteiger partial charge in [0.05, 0.1) is 23.1 Å². The van der Waals surface area contributed by atoms with E-state index >= 15 is 0 Å². The lowest BCUT2D eigenvalue weighted by Crippen LogP contribution is -2.23. The van der Waals surface area contributed by atoms with Gasteiger partial charge < -0.3 is 15.0 Å². The summed E-state index contributed by atoms with van der Waals surface area (Å²) >= 11 is 0. The predicted octanol–water partition coefficient (Wildman–Crippen LogP) is 0.205. The fraction of sp³-hybridized carbons (Fsp3) is 0. The maximum absolute atomic E-state index is 10.8. The Balaban J connectivity index is 2.48. The lowest BCUT2D eigenvalue weighted by atomic mass is 10.2. The molecule has 0 aliphatic heterocycles. The van der Waals surface area contributed by atoms with Gasteiger partial charge in [-0.05, 0) is 24.3 Å². The molecule has 0 aliphatic carbocycles. The van der Waals surface area contributed by atoms with Gasteiger partial charge >= 0.3 is 5.97 Å². The number of aromatic nitrogens is 2. The van der Waals surface area contributed by atoms with E-state index in [4.69, 9.17) is 5.11 Å². The highest BCUT2D eigenvalue weighted by molar-refractivity contribution is 5.86. The van der Waals surface area contributed by atoms with Gasteiger partial charge in [-0.3, -0.25) is 0 Å². The van der Waals surface area contributed by atoms with Crippen molar-refractivity contribution in [2.45, 2.75) is 0 Å². The lowest BCUT2D eigenvalue weighted by Gasteiger charge is -2.05. The molecular formula is C12H7N2O4-. The molecule has 2 rings (SSSR count). The van der Waals surface area contributed by atoms with Gasteiger partial charge in [0.25, 0.3) is 0 Å². The zero-order valence-corrected chi connectivity index (χ0v) is 9.03. The first kappa shape index (κ1) is 11.7. The lowest BCUT2D eigenvalue weighted by molar-refractivity contribution is -0.255. The van der Waals surface area contributed by atoms with Gasteiger partial charge in [-0.15, -0.1) is 0 Å². The summed E-state index contributed by atoms with van der Waals surface area (Å²) < 4.78 is 0. The van der Waals surface area contributed by atoms with E-state index in [9.17, 15) is 14.7 Å². The maximum atomic E-state index is 10.8.